The first-order chi connectivity index (χ1) is 11.3. The number of halogens is 2. The number of benzene rings is 1. The van der Waals surface area contributed by atoms with E-state index in [0.29, 0.717) is 30.2 Å². The van der Waals surface area contributed by atoms with Gasteiger partial charge in [0.15, 0.2) is 0 Å². The number of rotatable bonds is 9. The van der Waals surface area contributed by atoms with Crippen LogP contribution >= 0.6 is 24.0 Å². The summed E-state index contributed by atoms with van der Waals surface area (Å²) in [4.78, 5) is 14.2. The van der Waals surface area contributed by atoms with Gasteiger partial charge in [-0.1, -0.05) is 23.7 Å². The van der Waals surface area contributed by atoms with Crippen LogP contribution in [-0.2, 0) is 4.79 Å². The van der Waals surface area contributed by atoms with E-state index < -0.39 is 0 Å². The third-order valence-electron chi connectivity index (χ3n) is 3.83. The van der Waals surface area contributed by atoms with Crippen LogP contribution in [-0.4, -0.2) is 56.7 Å². The van der Waals surface area contributed by atoms with E-state index >= 15 is 0 Å². The number of nitrogens with zero attached hydrogens (tertiary/aromatic N) is 1. The molecule has 1 aromatic rings. The highest BCUT2D eigenvalue weighted by Crippen LogP contribution is 2.23. The molecule has 1 aliphatic heterocycles. The van der Waals surface area contributed by atoms with Gasteiger partial charge in [0.1, 0.15) is 5.75 Å². The van der Waals surface area contributed by atoms with Crippen molar-refractivity contribution >= 4 is 29.9 Å². The SMILES string of the molecule is Cl.O=C(CCCOc1ccccc1Cl)NCCCN1CCNCC1. The zero-order valence-corrected chi connectivity index (χ0v) is 15.5. The van der Waals surface area contributed by atoms with Crippen LogP contribution in [0.5, 0.6) is 5.75 Å². The molecule has 0 aliphatic carbocycles. The average Bonchev–Trinajstić information content (AvgIpc) is 2.58. The number of para-hydroxylation sites is 1. The number of carbonyl (C=O) groups excluding carboxylic acids is 1. The number of hydrogen-bond donors (Lipinski definition) is 2. The van der Waals surface area contributed by atoms with Crippen molar-refractivity contribution in [2.24, 2.45) is 0 Å². The minimum absolute atomic E-state index is 0. The Morgan fingerprint density at radius 2 is 2.00 bits per heavy atom. The summed E-state index contributed by atoms with van der Waals surface area (Å²) in [6.07, 6.45) is 2.18. The minimum Gasteiger partial charge on any atom is -0.492 e. The number of amides is 1. The Kier molecular flexibility index (Phi) is 10.8. The summed E-state index contributed by atoms with van der Waals surface area (Å²) in [7, 11) is 0. The second-order valence-corrected chi connectivity index (χ2v) is 6.08. The second kappa shape index (κ2) is 12.4. The van der Waals surface area contributed by atoms with Gasteiger partial charge in [-0.05, 0) is 31.5 Å². The molecule has 1 fully saturated rings. The van der Waals surface area contributed by atoms with Crippen molar-refractivity contribution < 1.29 is 9.53 Å². The quantitative estimate of drug-likeness (QED) is 0.650. The lowest BCUT2D eigenvalue weighted by Gasteiger charge is -2.27. The number of carbonyl (C=O) groups is 1. The monoisotopic (exact) mass is 375 g/mol. The molecule has 0 atom stereocenters. The van der Waals surface area contributed by atoms with E-state index in [9.17, 15) is 4.79 Å². The summed E-state index contributed by atoms with van der Waals surface area (Å²) < 4.78 is 5.57. The van der Waals surface area contributed by atoms with Crippen molar-refractivity contribution in [3.63, 3.8) is 0 Å². The van der Waals surface area contributed by atoms with Crippen LogP contribution < -0.4 is 15.4 Å². The summed E-state index contributed by atoms with van der Waals surface area (Å²) in [5, 5.41) is 6.91. The lowest BCUT2D eigenvalue weighted by atomic mass is 10.3. The van der Waals surface area contributed by atoms with Crippen molar-refractivity contribution in [1.29, 1.82) is 0 Å². The molecule has 5 nitrogen and oxygen atoms in total. The Hall–Kier alpha value is -1.01. The van der Waals surface area contributed by atoms with Crippen LogP contribution in [0.3, 0.4) is 0 Å². The van der Waals surface area contributed by atoms with Crippen molar-refractivity contribution in [3.8, 4) is 5.75 Å². The van der Waals surface area contributed by atoms with Gasteiger partial charge in [0, 0.05) is 39.1 Å². The molecule has 1 heterocycles. The van der Waals surface area contributed by atoms with Crippen LogP contribution in [0.2, 0.25) is 5.02 Å². The molecule has 0 saturated carbocycles. The standard InChI is InChI=1S/C17H26ClN3O2.ClH/c18-15-5-1-2-6-16(15)23-14-3-7-17(22)20-8-4-11-21-12-9-19-10-13-21;/h1-2,5-6,19H,3-4,7-14H2,(H,20,22);1H. The fourth-order valence-corrected chi connectivity index (χ4v) is 2.72. The molecular formula is C17H27Cl2N3O2. The maximum atomic E-state index is 11.8. The molecule has 1 saturated heterocycles. The maximum Gasteiger partial charge on any atom is 0.220 e. The van der Waals surface area contributed by atoms with Crippen molar-refractivity contribution in [2.75, 3.05) is 45.9 Å². The first kappa shape index (κ1) is 21.0. The summed E-state index contributed by atoms with van der Waals surface area (Å²) in [6, 6.07) is 7.37. The van der Waals surface area contributed by atoms with Crippen molar-refractivity contribution in [1.82, 2.24) is 15.5 Å². The van der Waals surface area contributed by atoms with Gasteiger partial charge in [0.05, 0.1) is 11.6 Å². The van der Waals surface area contributed by atoms with Gasteiger partial charge in [-0.25, -0.2) is 0 Å². The van der Waals surface area contributed by atoms with E-state index in [2.05, 4.69) is 15.5 Å². The second-order valence-electron chi connectivity index (χ2n) is 5.68. The lowest BCUT2D eigenvalue weighted by Crippen LogP contribution is -2.44. The predicted molar refractivity (Wildman–Crippen MR) is 100 cm³/mol. The lowest BCUT2D eigenvalue weighted by molar-refractivity contribution is -0.121. The van der Waals surface area contributed by atoms with Gasteiger partial charge in [0.25, 0.3) is 0 Å². The van der Waals surface area contributed by atoms with Crippen molar-refractivity contribution in [2.45, 2.75) is 19.3 Å². The first-order valence-electron chi connectivity index (χ1n) is 8.33. The summed E-state index contributed by atoms with van der Waals surface area (Å²) in [5.41, 5.74) is 0. The Morgan fingerprint density at radius 1 is 1.25 bits per heavy atom. The fourth-order valence-electron chi connectivity index (χ4n) is 2.53. The highest BCUT2D eigenvalue weighted by atomic mass is 35.5. The Bertz CT molecular complexity index is 483. The fraction of sp³-hybridized carbons (Fsp3) is 0.588. The van der Waals surface area contributed by atoms with Gasteiger partial charge < -0.3 is 20.3 Å². The van der Waals surface area contributed by atoms with E-state index in [0.717, 1.165) is 45.7 Å². The molecule has 1 aliphatic rings. The van der Waals surface area contributed by atoms with Crippen molar-refractivity contribution in [3.05, 3.63) is 29.3 Å². The third kappa shape index (κ3) is 8.20. The zero-order valence-electron chi connectivity index (χ0n) is 13.9. The molecule has 24 heavy (non-hydrogen) atoms. The third-order valence-corrected chi connectivity index (χ3v) is 4.14. The number of piperazine rings is 1. The highest BCUT2D eigenvalue weighted by molar-refractivity contribution is 6.32. The van der Waals surface area contributed by atoms with Gasteiger partial charge in [-0.2, -0.15) is 0 Å². The van der Waals surface area contributed by atoms with Crippen LogP contribution in [0.4, 0.5) is 0 Å². The number of nitrogens with one attached hydrogen (secondary N) is 2. The molecule has 0 spiro atoms. The van der Waals surface area contributed by atoms with Crippen LogP contribution in [0.1, 0.15) is 19.3 Å². The smallest absolute Gasteiger partial charge is 0.220 e. The number of ether oxygens (including phenoxy) is 1. The Labute approximate surface area is 155 Å². The maximum absolute atomic E-state index is 11.8. The van der Waals surface area contributed by atoms with Gasteiger partial charge in [-0.15, -0.1) is 12.4 Å². The van der Waals surface area contributed by atoms with Gasteiger partial charge >= 0.3 is 0 Å². The summed E-state index contributed by atoms with van der Waals surface area (Å²) in [5.74, 6) is 0.763. The number of hydrogen-bond acceptors (Lipinski definition) is 4. The van der Waals surface area contributed by atoms with E-state index in [4.69, 9.17) is 16.3 Å². The molecule has 0 bridgehead atoms. The summed E-state index contributed by atoms with van der Waals surface area (Å²) in [6.45, 7) is 6.64. The molecule has 7 heteroatoms. The summed E-state index contributed by atoms with van der Waals surface area (Å²) >= 11 is 6.00. The Balaban J connectivity index is 0.00000288. The molecule has 0 unspecified atom stereocenters. The molecule has 1 aromatic carbocycles. The molecule has 136 valence electrons. The zero-order chi connectivity index (χ0) is 16.3. The Morgan fingerprint density at radius 3 is 2.75 bits per heavy atom. The predicted octanol–water partition coefficient (Wildman–Crippen LogP) is 2.33. The average molecular weight is 376 g/mol. The molecule has 0 aromatic heterocycles. The molecule has 2 N–H and O–H groups in total. The largest absolute Gasteiger partial charge is 0.492 e. The normalized spacial score (nSPS) is 14.7. The molecule has 2 rings (SSSR count). The van der Waals surface area contributed by atoms with Gasteiger partial charge in [-0.3, -0.25) is 4.79 Å². The molecule has 1 amide bonds. The van der Waals surface area contributed by atoms with E-state index in [1.807, 2.05) is 18.2 Å². The minimum atomic E-state index is 0. The van der Waals surface area contributed by atoms with Crippen LogP contribution in [0.25, 0.3) is 0 Å². The first-order valence-corrected chi connectivity index (χ1v) is 8.70. The molecular weight excluding hydrogens is 349 g/mol. The van der Waals surface area contributed by atoms with E-state index in [-0.39, 0.29) is 18.3 Å². The van der Waals surface area contributed by atoms with E-state index in [1.54, 1.807) is 6.07 Å². The topological polar surface area (TPSA) is 53.6 Å². The molecule has 0 radical (unpaired) electrons. The highest BCUT2D eigenvalue weighted by Gasteiger charge is 2.08. The van der Waals surface area contributed by atoms with Crippen LogP contribution in [0.15, 0.2) is 24.3 Å². The van der Waals surface area contributed by atoms with E-state index in [1.165, 1.54) is 0 Å². The van der Waals surface area contributed by atoms with Gasteiger partial charge in [0.2, 0.25) is 5.91 Å². The van der Waals surface area contributed by atoms with Crippen LogP contribution in [0, 0.1) is 0 Å².